The van der Waals surface area contributed by atoms with Crippen molar-refractivity contribution in [2.75, 3.05) is 13.7 Å². The minimum atomic E-state index is 0.863. The molecule has 3 nitrogen and oxygen atoms in total. The average Bonchev–Trinajstić information content (AvgIpc) is 2.47. The van der Waals surface area contributed by atoms with Crippen LogP contribution in [0, 0.1) is 6.92 Å². The Labute approximate surface area is 135 Å². The second kappa shape index (κ2) is 7.57. The van der Waals surface area contributed by atoms with Gasteiger partial charge in [0.25, 0.3) is 0 Å². The van der Waals surface area contributed by atoms with E-state index in [2.05, 4.69) is 57.0 Å². The number of rotatable bonds is 6. The van der Waals surface area contributed by atoms with Crippen LogP contribution in [-0.2, 0) is 13.1 Å². The smallest absolute Gasteiger partial charge is 0.133 e. The minimum absolute atomic E-state index is 0.863. The predicted molar refractivity (Wildman–Crippen MR) is 89.5 cm³/mol. The number of halogens is 1. The highest BCUT2D eigenvalue weighted by molar-refractivity contribution is 9.10. The first-order chi connectivity index (χ1) is 10.1. The molecule has 0 aliphatic heterocycles. The number of aromatic nitrogens is 1. The van der Waals surface area contributed by atoms with Gasteiger partial charge in [-0.25, -0.2) is 0 Å². The van der Waals surface area contributed by atoms with E-state index < -0.39 is 0 Å². The second-order valence-corrected chi connectivity index (χ2v) is 5.90. The quantitative estimate of drug-likeness (QED) is 0.782. The van der Waals surface area contributed by atoms with E-state index in [4.69, 9.17) is 4.74 Å². The van der Waals surface area contributed by atoms with Gasteiger partial charge in [0.15, 0.2) is 0 Å². The van der Waals surface area contributed by atoms with Crippen LogP contribution >= 0.6 is 15.9 Å². The molecule has 2 rings (SSSR count). The Hall–Kier alpha value is -1.39. The lowest BCUT2D eigenvalue weighted by atomic mass is 10.2. The van der Waals surface area contributed by atoms with Crippen LogP contribution < -0.4 is 4.74 Å². The number of benzene rings is 1. The highest BCUT2D eigenvalue weighted by Crippen LogP contribution is 2.26. The molecule has 0 amide bonds. The molecule has 0 fully saturated rings. The molecule has 0 saturated heterocycles. The van der Waals surface area contributed by atoms with Crippen molar-refractivity contribution in [2.45, 2.75) is 26.9 Å². The maximum absolute atomic E-state index is 5.27. The molecule has 0 aliphatic carbocycles. The fraction of sp³-hybridized carbons (Fsp3) is 0.353. The fourth-order valence-electron chi connectivity index (χ4n) is 2.26. The number of hydrogen-bond acceptors (Lipinski definition) is 3. The van der Waals surface area contributed by atoms with Crippen molar-refractivity contribution in [1.82, 2.24) is 9.88 Å². The van der Waals surface area contributed by atoms with E-state index in [9.17, 15) is 0 Å². The number of nitrogens with zero attached hydrogens (tertiary/aromatic N) is 2. The largest absolute Gasteiger partial charge is 0.496 e. The van der Waals surface area contributed by atoms with Crippen LogP contribution in [-0.4, -0.2) is 23.5 Å². The van der Waals surface area contributed by atoms with Crippen molar-refractivity contribution in [1.29, 1.82) is 0 Å². The maximum atomic E-state index is 5.27. The number of aryl methyl sites for hydroxylation is 1. The number of pyridine rings is 1. The molecule has 1 heterocycles. The fourth-order valence-corrected chi connectivity index (χ4v) is 2.85. The van der Waals surface area contributed by atoms with Crippen LogP contribution in [0.5, 0.6) is 5.75 Å². The standard InChI is InChI=1S/C17H21BrN2O/c1-4-20(12-15-7-5-6-13(2)19-15)11-14-8-9-17(21-3)16(18)10-14/h5-10H,4,11-12H2,1-3H3. The van der Waals surface area contributed by atoms with Crippen LogP contribution in [0.2, 0.25) is 0 Å². The summed E-state index contributed by atoms with van der Waals surface area (Å²) in [7, 11) is 1.68. The van der Waals surface area contributed by atoms with Crippen molar-refractivity contribution in [3.63, 3.8) is 0 Å². The van der Waals surface area contributed by atoms with Gasteiger partial charge < -0.3 is 4.74 Å². The Kier molecular flexibility index (Phi) is 5.76. The molecule has 0 N–H and O–H groups in total. The lowest BCUT2D eigenvalue weighted by Crippen LogP contribution is -2.23. The van der Waals surface area contributed by atoms with Gasteiger partial charge in [0, 0.05) is 18.8 Å². The normalized spacial score (nSPS) is 10.9. The zero-order chi connectivity index (χ0) is 15.2. The molecule has 0 bridgehead atoms. The van der Waals surface area contributed by atoms with Gasteiger partial charge in [0.2, 0.25) is 0 Å². The van der Waals surface area contributed by atoms with Crippen LogP contribution in [0.25, 0.3) is 0 Å². The molecule has 0 atom stereocenters. The number of ether oxygens (including phenoxy) is 1. The van der Waals surface area contributed by atoms with E-state index in [1.165, 1.54) is 5.56 Å². The minimum Gasteiger partial charge on any atom is -0.496 e. The highest BCUT2D eigenvalue weighted by atomic mass is 79.9. The summed E-state index contributed by atoms with van der Waals surface area (Å²) in [4.78, 5) is 6.95. The van der Waals surface area contributed by atoms with Crippen molar-refractivity contribution in [3.05, 3.63) is 57.8 Å². The Morgan fingerprint density at radius 3 is 2.62 bits per heavy atom. The van der Waals surface area contributed by atoms with Crippen molar-refractivity contribution in [3.8, 4) is 5.75 Å². The first-order valence-electron chi connectivity index (χ1n) is 7.09. The third-order valence-corrected chi connectivity index (χ3v) is 4.02. The van der Waals surface area contributed by atoms with Gasteiger partial charge in [-0.05, 0) is 59.2 Å². The van der Waals surface area contributed by atoms with Crippen molar-refractivity contribution >= 4 is 15.9 Å². The van der Waals surface area contributed by atoms with E-state index in [0.29, 0.717) is 0 Å². The molecule has 0 unspecified atom stereocenters. The first-order valence-corrected chi connectivity index (χ1v) is 7.89. The molecule has 0 radical (unpaired) electrons. The molecule has 1 aromatic carbocycles. The summed E-state index contributed by atoms with van der Waals surface area (Å²) < 4.78 is 6.26. The summed E-state index contributed by atoms with van der Waals surface area (Å²) in [5.74, 6) is 0.863. The molecule has 112 valence electrons. The Morgan fingerprint density at radius 2 is 2.00 bits per heavy atom. The van der Waals surface area contributed by atoms with Crippen LogP contribution in [0.15, 0.2) is 40.9 Å². The first kappa shape index (κ1) is 16.0. The molecule has 1 aromatic heterocycles. The van der Waals surface area contributed by atoms with Crippen LogP contribution in [0.1, 0.15) is 23.9 Å². The molecule has 0 saturated carbocycles. The third-order valence-electron chi connectivity index (χ3n) is 3.40. The monoisotopic (exact) mass is 348 g/mol. The van der Waals surface area contributed by atoms with Gasteiger partial charge in [-0.15, -0.1) is 0 Å². The SMILES string of the molecule is CCN(Cc1ccc(OC)c(Br)c1)Cc1cccc(C)n1. The number of methoxy groups -OCH3 is 1. The lowest BCUT2D eigenvalue weighted by molar-refractivity contribution is 0.268. The number of hydrogen-bond donors (Lipinski definition) is 0. The van der Waals surface area contributed by atoms with Gasteiger partial charge in [0.1, 0.15) is 5.75 Å². The summed E-state index contributed by atoms with van der Waals surface area (Å²) in [5, 5.41) is 0. The summed E-state index contributed by atoms with van der Waals surface area (Å²) in [5.41, 5.74) is 3.44. The van der Waals surface area contributed by atoms with Gasteiger partial charge in [-0.1, -0.05) is 19.1 Å². The van der Waals surface area contributed by atoms with Crippen molar-refractivity contribution < 1.29 is 4.74 Å². The van der Waals surface area contributed by atoms with E-state index in [1.54, 1.807) is 7.11 Å². The van der Waals surface area contributed by atoms with Crippen molar-refractivity contribution in [2.24, 2.45) is 0 Å². The summed E-state index contributed by atoms with van der Waals surface area (Å²) in [6, 6.07) is 12.4. The Morgan fingerprint density at radius 1 is 1.19 bits per heavy atom. The molecule has 0 spiro atoms. The zero-order valence-corrected chi connectivity index (χ0v) is 14.4. The molecule has 0 aliphatic rings. The average molecular weight is 349 g/mol. The maximum Gasteiger partial charge on any atom is 0.133 e. The second-order valence-electron chi connectivity index (χ2n) is 5.04. The summed E-state index contributed by atoms with van der Waals surface area (Å²) in [6.07, 6.45) is 0. The summed E-state index contributed by atoms with van der Waals surface area (Å²) in [6.45, 7) is 6.95. The van der Waals surface area contributed by atoms with Gasteiger partial charge >= 0.3 is 0 Å². The van der Waals surface area contributed by atoms with Gasteiger partial charge in [0.05, 0.1) is 17.3 Å². The molecular formula is C17H21BrN2O. The van der Waals surface area contributed by atoms with E-state index in [0.717, 1.165) is 41.2 Å². The molecule has 21 heavy (non-hydrogen) atoms. The predicted octanol–water partition coefficient (Wildman–Crippen LogP) is 4.18. The van der Waals surface area contributed by atoms with Gasteiger partial charge in [-0.2, -0.15) is 0 Å². The highest BCUT2D eigenvalue weighted by Gasteiger charge is 2.08. The Bertz CT molecular complexity index is 601. The lowest BCUT2D eigenvalue weighted by Gasteiger charge is -2.20. The van der Waals surface area contributed by atoms with Crippen LogP contribution in [0.3, 0.4) is 0 Å². The van der Waals surface area contributed by atoms with Crippen LogP contribution in [0.4, 0.5) is 0 Å². The van der Waals surface area contributed by atoms with E-state index in [1.807, 2.05) is 19.1 Å². The molecule has 2 aromatic rings. The molecular weight excluding hydrogens is 328 g/mol. The molecule has 4 heteroatoms. The summed E-state index contributed by atoms with van der Waals surface area (Å²) >= 11 is 3.54. The van der Waals surface area contributed by atoms with E-state index >= 15 is 0 Å². The van der Waals surface area contributed by atoms with Gasteiger partial charge in [-0.3, -0.25) is 9.88 Å². The third kappa shape index (κ3) is 4.55. The van der Waals surface area contributed by atoms with E-state index in [-0.39, 0.29) is 0 Å². The topological polar surface area (TPSA) is 25.4 Å². The zero-order valence-electron chi connectivity index (χ0n) is 12.8. The Balaban J connectivity index is 2.07.